The van der Waals surface area contributed by atoms with E-state index in [1.807, 2.05) is 0 Å². The van der Waals surface area contributed by atoms with E-state index in [1.54, 1.807) is 26.0 Å². The summed E-state index contributed by atoms with van der Waals surface area (Å²) in [7, 11) is -3.79. The number of aliphatic carboxylic acids is 1. The second kappa shape index (κ2) is 12.3. The lowest BCUT2D eigenvalue weighted by atomic mass is 10.1. The number of carboxylic acid groups (broad SMARTS) is 2. The molecule has 0 aliphatic rings. The predicted octanol–water partition coefficient (Wildman–Crippen LogP) is 3.81. The van der Waals surface area contributed by atoms with Crippen LogP contribution in [0.1, 0.15) is 24.2 Å². The molecule has 3 rings (SSSR count). The molecule has 1 atom stereocenters. The third kappa shape index (κ3) is 8.86. The molecule has 3 aromatic rings. The van der Waals surface area contributed by atoms with Gasteiger partial charge in [0, 0.05) is 10.9 Å². The molecule has 0 aliphatic heterocycles. The zero-order chi connectivity index (χ0) is 27.8. The molecule has 0 saturated heterocycles. The third-order valence-corrected chi connectivity index (χ3v) is 6.22. The highest BCUT2D eigenvalue weighted by Gasteiger charge is 2.27. The lowest BCUT2D eigenvalue weighted by Gasteiger charge is -2.21. The van der Waals surface area contributed by atoms with Crippen LogP contribution in [0.25, 0.3) is 0 Å². The first-order valence-corrected chi connectivity index (χ1v) is 12.4. The summed E-state index contributed by atoms with van der Waals surface area (Å²) in [4.78, 5) is 25.1. The summed E-state index contributed by atoms with van der Waals surface area (Å²) in [6.45, 7) is 3.32. The second-order valence-electron chi connectivity index (χ2n) is 7.99. The smallest absolute Gasteiger partial charge is 0.339 e. The topological polar surface area (TPSA) is 205 Å². The molecule has 0 aliphatic carbocycles. The molecule has 0 saturated carbocycles. The Balaban J connectivity index is 0.000000458. The number of thiol groups is 1. The van der Waals surface area contributed by atoms with Gasteiger partial charge in [0.05, 0.1) is 16.3 Å². The zero-order valence-electron chi connectivity index (χ0n) is 19.7. The molecule has 12 nitrogen and oxygen atoms in total. The molecule has 0 spiro atoms. The Bertz CT molecular complexity index is 1370. The Morgan fingerprint density at radius 2 is 1.62 bits per heavy atom. The maximum Gasteiger partial charge on any atom is 0.339 e. The Kier molecular flexibility index (Phi) is 9.71. The molecule has 196 valence electrons. The standard InChI is InChI=1S/C18H14N4O5S.C5H11NO2S/c23-16-9-6-13(11-15(16)18(24)25)21-20-12-4-7-14(8-5-12)28(26,27)22-17-3-1-2-10-19-17;1-5(2,9)3(6)4(7)8/h1-11,23H,(H,19,22)(H,24,25);3,9H,6H2,1-2H3,(H,7,8)/t;3-/m.0/s1. The van der Waals surface area contributed by atoms with Gasteiger partial charge < -0.3 is 21.1 Å². The zero-order valence-corrected chi connectivity index (χ0v) is 21.4. The van der Waals surface area contributed by atoms with Crippen molar-refractivity contribution in [2.24, 2.45) is 16.0 Å². The van der Waals surface area contributed by atoms with E-state index in [0.717, 1.165) is 0 Å². The van der Waals surface area contributed by atoms with Crippen molar-refractivity contribution in [3.63, 3.8) is 0 Å². The number of sulfonamides is 1. The van der Waals surface area contributed by atoms with Crippen molar-refractivity contribution >= 4 is 51.8 Å². The quantitative estimate of drug-likeness (QED) is 0.179. The van der Waals surface area contributed by atoms with Crippen molar-refractivity contribution in [3.8, 4) is 5.75 Å². The van der Waals surface area contributed by atoms with E-state index < -0.39 is 32.8 Å². The monoisotopic (exact) mass is 547 g/mol. The minimum atomic E-state index is -3.79. The van der Waals surface area contributed by atoms with Crippen LogP contribution in [0.3, 0.4) is 0 Å². The lowest BCUT2D eigenvalue weighted by molar-refractivity contribution is -0.139. The van der Waals surface area contributed by atoms with E-state index in [0.29, 0.717) is 5.69 Å². The number of anilines is 1. The van der Waals surface area contributed by atoms with Crippen LogP contribution in [-0.4, -0.2) is 51.4 Å². The van der Waals surface area contributed by atoms with E-state index >= 15 is 0 Å². The van der Waals surface area contributed by atoms with Crippen molar-refractivity contribution < 1.29 is 33.3 Å². The maximum absolute atomic E-state index is 12.3. The number of nitrogens with zero attached hydrogens (tertiary/aromatic N) is 3. The number of carboxylic acids is 2. The SMILES string of the molecule is CC(C)(S)[C@@H](N)C(=O)O.O=C(O)c1cc(N=Nc2ccc(S(=O)(=O)Nc3ccccn3)cc2)ccc1O. The van der Waals surface area contributed by atoms with Gasteiger partial charge in [-0.05, 0) is 68.4 Å². The molecule has 0 unspecified atom stereocenters. The van der Waals surface area contributed by atoms with E-state index in [9.17, 15) is 23.1 Å². The van der Waals surface area contributed by atoms with E-state index in [4.69, 9.17) is 15.9 Å². The van der Waals surface area contributed by atoms with Gasteiger partial charge in [-0.1, -0.05) is 6.07 Å². The van der Waals surface area contributed by atoms with Crippen molar-refractivity contribution in [1.82, 2.24) is 4.98 Å². The second-order valence-corrected chi connectivity index (χ2v) is 10.8. The van der Waals surface area contributed by atoms with Crippen molar-refractivity contribution in [1.29, 1.82) is 0 Å². The number of benzene rings is 2. The summed E-state index contributed by atoms with van der Waals surface area (Å²) in [5.41, 5.74) is 5.51. The number of aromatic hydroxyl groups is 1. The first kappa shape index (κ1) is 29.2. The molecular formula is C23H25N5O7S2. The lowest BCUT2D eigenvalue weighted by Crippen LogP contribution is -2.45. The number of hydrogen-bond acceptors (Lipinski definition) is 10. The van der Waals surface area contributed by atoms with Gasteiger partial charge in [-0.3, -0.25) is 9.52 Å². The molecule has 0 amide bonds. The Hall–Kier alpha value is -4.01. The highest BCUT2D eigenvalue weighted by Crippen LogP contribution is 2.26. The normalized spacial score (nSPS) is 12.3. The Labute approximate surface area is 218 Å². The van der Waals surface area contributed by atoms with Crippen LogP contribution in [-0.2, 0) is 14.8 Å². The highest BCUT2D eigenvalue weighted by molar-refractivity contribution is 7.92. The molecule has 0 bridgehead atoms. The van der Waals surface area contributed by atoms with Gasteiger partial charge in [0.25, 0.3) is 10.0 Å². The Morgan fingerprint density at radius 1 is 1.03 bits per heavy atom. The largest absolute Gasteiger partial charge is 0.507 e. The van der Waals surface area contributed by atoms with E-state index in [2.05, 4.69) is 32.6 Å². The van der Waals surface area contributed by atoms with Crippen LogP contribution in [0.4, 0.5) is 17.2 Å². The van der Waals surface area contributed by atoms with Gasteiger partial charge in [0.2, 0.25) is 0 Å². The fraction of sp³-hybridized carbons (Fsp3) is 0.174. The van der Waals surface area contributed by atoms with Crippen LogP contribution in [0.2, 0.25) is 0 Å². The summed E-state index contributed by atoms with van der Waals surface area (Å²) in [5, 5.41) is 34.6. The highest BCUT2D eigenvalue weighted by atomic mass is 32.2. The van der Waals surface area contributed by atoms with Gasteiger partial charge in [-0.2, -0.15) is 22.9 Å². The third-order valence-electron chi connectivity index (χ3n) is 4.57. The summed E-state index contributed by atoms with van der Waals surface area (Å²) in [5.74, 6) is -2.48. The van der Waals surface area contributed by atoms with Crippen molar-refractivity contribution in [2.75, 3.05) is 4.72 Å². The minimum Gasteiger partial charge on any atom is -0.507 e. The summed E-state index contributed by atoms with van der Waals surface area (Å²) in [6.07, 6.45) is 1.47. The van der Waals surface area contributed by atoms with Gasteiger partial charge in [0.1, 0.15) is 23.2 Å². The summed E-state index contributed by atoms with van der Waals surface area (Å²) < 4.78 is 26.4. The number of phenols is 1. The number of nitrogens with two attached hydrogens (primary N) is 1. The van der Waals surface area contributed by atoms with E-state index in [1.165, 1.54) is 54.7 Å². The molecule has 2 aromatic carbocycles. The maximum atomic E-state index is 12.3. The van der Waals surface area contributed by atoms with Gasteiger partial charge in [-0.25, -0.2) is 18.2 Å². The average molecular weight is 548 g/mol. The van der Waals surface area contributed by atoms with Gasteiger partial charge in [0.15, 0.2) is 0 Å². The number of carbonyl (C=O) groups is 2. The number of aromatic carboxylic acids is 1. The predicted molar refractivity (Wildman–Crippen MR) is 139 cm³/mol. The molecule has 14 heteroatoms. The number of nitrogens with one attached hydrogen (secondary N) is 1. The Morgan fingerprint density at radius 3 is 2.11 bits per heavy atom. The van der Waals surface area contributed by atoms with Crippen molar-refractivity contribution in [2.45, 2.75) is 29.5 Å². The number of azo groups is 1. The van der Waals surface area contributed by atoms with Crippen LogP contribution < -0.4 is 10.5 Å². The van der Waals surface area contributed by atoms with Crippen LogP contribution in [0.15, 0.2) is 82.0 Å². The number of aromatic nitrogens is 1. The number of rotatable bonds is 8. The molecule has 6 N–H and O–H groups in total. The molecule has 0 fully saturated rings. The molecule has 0 radical (unpaired) electrons. The van der Waals surface area contributed by atoms with E-state index in [-0.39, 0.29) is 27.7 Å². The minimum absolute atomic E-state index is 0.0231. The van der Waals surface area contributed by atoms with Crippen LogP contribution in [0.5, 0.6) is 5.75 Å². The first-order valence-electron chi connectivity index (χ1n) is 10.4. The molecular weight excluding hydrogens is 522 g/mol. The first-order chi connectivity index (χ1) is 17.2. The molecule has 1 heterocycles. The number of pyridine rings is 1. The fourth-order valence-electron chi connectivity index (χ4n) is 2.49. The van der Waals surface area contributed by atoms with Crippen LogP contribution in [0, 0.1) is 0 Å². The average Bonchev–Trinajstić information content (AvgIpc) is 2.83. The molecule has 37 heavy (non-hydrogen) atoms. The van der Waals surface area contributed by atoms with Crippen molar-refractivity contribution in [3.05, 3.63) is 72.4 Å². The number of hydrogen-bond donors (Lipinski definition) is 6. The fourth-order valence-corrected chi connectivity index (χ4v) is 3.61. The van der Waals surface area contributed by atoms with Gasteiger partial charge >= 0.3 is 11.9 Å². The summed E-state index contributed by atoms with van der Waals surface area (Å²) in [6, 6.07) is 13.4. The molecule has 1 aromatic heterocycles. The van der Waals surface area contributed by atoms with Gasteiger partial charge in [-0.15, -0.1) is 0 Å². The van der Waals surface area contributed by atoms with Crippen LogP contribution >= 0.6 is 12.6 Å². The summed E-state index contributed by atoms with van der Waals surface area (Å²) >= 11 is 3.98.